The second kappa shape index (κ2) is 7.18. The Kier molecular flexibility index (Phi) is 4.45. The molecule has 7 heteroatoms. The van der Waals surface area contributed by atoms with E-state index in [1.165, 1.54) is 9.30 Å². The van der Waals surface area contributed by atoms with Crippen molar-refractivity contribution >= 4 is 29.1 Å². The largest absolute Gasteiger partial charge is 0.269 e. The van der Waals surface area contributed by atoms with Gasteiger partial charge < -0.3 is 0 Å². The lowest BCUT2D eigenvalue weighted by atomic mass is 10.0. The zero-order chi connectivity index (χ0) is 21.7. The van der Waals surface area contributed by atoms with Crippen molar-refractivity contribution in [3.63, 3.8) is 0 Å². The zero-order valence-corrected chi connectivity index (χ0v) is 17.2. The predicted octanol–water partition coefficient (Wildman–Crippen LogP) is 4.37. The van der Waals surface area contributed by atoms with Crippen LogP contribution in [0.2, 0.25) is 5.15 Å². The van der Waals surface area contributed by atoms with Gasteiger partial charge >= 0.3 is 0 Å². The van der Waals surface area contributed by atoms with Gasteiger partial charge in [-0.05, 0) is 36.8 Å². The van der Waals surface area contributed by atoms with Gasteiger partial charge in [0.05, 0.1) is 28.4 Å². The lowest BCUT2D eigenvalue weighted by Crippen LogP contribution is -2.35. The summed E-state index contributed by atoms with van der Waals surface area (Å²) in [6.07, 6.45) is 0. The van der Waals surface area contributed by atoms with E-state index in [-0.39, 0.29) is 10.7 Å². The van der Waals surface area contributed by atoms with Crippen LogP contribution in [0, 0.1) is 0 Å². The van der Waals surface area contributed by atoms with Gasteiger partial charge in [0.2, 0.25) is 0 Å². The summed E-state index contributed by atoms with van der Waals surface area (Å²) in [7, 11) is 0. The van der Waals surface area contributed by atoms with Crippen molar-refractivity contribution in [2.24, 2.45) is 0 Å². The van der Waals surface area contributed by atoms with Gasteiger partial charge in [-0.3, -0.25) is 19.3 Å². The number of benzene rings is 2. The normalized spacial score (nSPS) is 14.2. The molecule has 0 saturated carbocycles. The Morgan fingerprint density at radius 1 is 0.806 bits per heavy atom. The van der Waals surface area contributed by atoms with Crippen molar-refractivity contribution in [2.45, 2.75) is 13.0 Å². The molecule has 3 heterocycles. The number of nitrogens with zero attached hydrogens (tertiary/aromatic N) is 3. The number of carbonyl (C=O) groups is 2. The SMILES string of the molecule is CC(c1nc2cccc(Cl)n2c(=O)c1-c1ccccc1)N1C(=O)c2ccccc2C1=O. The molecule has 0 aliphatic carbocycles. The van der Waals surface area contributed by atoms with Crippen LogP contribution >= 0.6 is 11.6 Å². The fraction of sp³-hybridized carbons (Fsp3) is 0.0833. The molecule has 4 aromatic rings. The van der Waals surface area contributed by atoms with Crippen LogP contribution in [0.15, 0.2) is 77.6 Å². The van der Waals surface area contributed by atoms with Gasteiger partial charge in [-0.2, -0.15) is 0 Å². The number of rotatable bonds is 3. The van der Waals surface area contributed by atoms with Crippen molar-refractivity contribution in [2.75, 3.05) is 0 Å². The first kappa shape index (κ1) is 19.2. The average Bonchev–Trinajstić information content (AvgIpc) is 3.04. The highest BCUT2D eigenvalue weighted by molar-refractivity contribution is 6.29. The number of hydrogen-bond donors (Lipinski definition) is 0. The van der Waals surface area contributed by atoms with Crippen LogP contribution in [0.3, 0.4) is 0 Å². The van der Waals surface area contributed by atoms with Crippen LogP contribution in [0.5, 0.6) is 0 Å². The molecule has 1 atom stereocenters. The average molecular weight is 430 g/mol. The maximum atomic E-state index is 13.5. The monoisotopic (exact) mass is 429 g/mol. The lowest BCUT2D eigenvalue weighted by Gasteiger charge is -2.24. The molecule has 0 radical (unpaired) electrons. The topological polar surface area (TPSA) is 71.8 Å². The third kappa shape index (κ3) is 2.87. The van der Waals surface area contributed by atoms with Gasteiger partial charge in [0.25, 0.3) is 17.4 Å². The van der Waals surface area contributed by atoms with E-state index in [4.69, 9.17) is 11.6 Å². The van der Waals surface area contributed by atoms with Gasteiger partial charge in [0, 0.05) is 0 Å². The predicted molar refractivity (Wildman–Crippen MR) is 117 cm³/mol. The molecule has 31 heavy (non-hydrogen) atoms. The fourth-order valence-electron chi connectivity index (χ4n) is 4.02. The van der Waals surface area contributed by atoms with E-state index in [9.17, 15) is 14.4 Å². The van der Waals surface area contributed by atoms with Gasteiger partial charge in [0.1, 0.15) is 10.8 Å². The van der Waals surface area contributed by atoms with Gasteiger partial charge in [-0.25, -0.2) is 9.38 Å². The number of imide groups is 1. The first-order chi connectivity index (χ1) is 15.0. The third-order valence-electron chi connectivity index (χ3n) is 5.50. The Balaban J connectivity index is 1.76. The molecule has 6 nitrogen and oxygen atoms in total. The van der Waals surface area contributed by atoms with Crippen LogP contribution in [-0.4, -0.2) is 26.1 Å². The molecule has 2 aromatic heterocycles. The fourth-order valence-corrected chi connectivity index (χ4v) is 4.26. The number of carbonyl (C=O) groups excluding carboxylic acids is 2. The summed E-state index contributed by atoms with van der Waals surface area (Å²) >= 11 is 6.29. The van der Waals surface area contributed by atoms with E-state index in [2.05, 4.69) is 4.98 Å². The second-order valence-corrected chi connectivity index (χ2v) is 7.67. The van der Waals surface area contributed by atoms with E-state index in [1.807, 2.05) is 18.2 Å². The van der Waals surface area contributed by atoms with Crippen LogP contribution < -0.4 is 5.56 Å². The lowest BCUT2D eigenvalue weighted by molar-refractivity contribution is 0.0592. The summed E-state index contributed by atoms with van der Waals surface area (Å²) in [5.74, 6) is -0.805. The minimum absolute atomic E-state index is 0.229. The molecule has 0 N–H and O–H groups in total. The molecule has 0 saturated heterocycles. The maximum Gasteiger partial charge on any atom is 0.267 e. The number of amides is 2. The molecule has 0 bridgehead atoms. The number of aromatic nitrogens is 2. The minimum atomic E-state index is -0.765. The standard InChI is InChI=1S/C24H16ClN3O3/c1-14(27-22(29)16-10-5-6-11-17(16)23(27)30)21-20(15-8-3-2-4-9-15)24(31)28-18(25)12-7-13-19(28)26-21/h2-14H,1H3. The van der Waals surface area contributed by atoms with Crippen LogP contribution in [0.1, 0.15) is 39.4 Å². The van der Waals surface area contributed by atoms with E-state index in [1.54, 1.807) is 61.5 Å². The highest BCUT2D eigenvalue weighted by atomic mass is 35.5. The molecule has 1 unspecified atom stereocenters. The summed E-state index contributed by atoms with van der Waals surface area (Å²) in [4.78, 5) is 45.5. The summed E-state index contributed by atoms with van der Waals surface area (Å²) < 4.78 is 1.32. The Morgan fingerprint density at radius 3 is 2.06 bits per heavy atom. The maximum absolute atomic E-state index is 13.5. The Hall–Kier alpha value is -3.77. The summed E-state index contributed by atoms with van der Waals surface area (Å²) in [5, 5.41) is 0.229. The summed E-state index contributed by atoms with van der Waals surface area (Å²) in [6.45, 7) is 1.71. The molecule has 2 aromatic carbocycles. The number of pyridine rings is 1. The molecule has 2 amide bonds. The van der Waals surface area contributed by atoms with Crippen molar-refractivity contribution in [1.82, 2.24) is 14.3 Å². The third-order valence-corrected chi connectivity index (χ3v) is 5.80. The summed E-state index contributed by atoms with van der Waals surface area (Å²) in [6, 6.07) is 20.0. The Bertz CT molecular complexity index is 1390. The smallest absolute Gasteiger partial charge is 0.267 e. The molecule has 152 valence electrons. The second-order valence-electron chi connectivity index (χ2n) is 7.29. The minimum Gasteiger partial charge on any atom is -0.269 e. The molecule has 0 spiro atoms. The number of halogens is 1. The molecular weight excluding hydrogens is 414 g/mol. The van der Waals surface area contributed by atoms with Crippen molar-refractivity contribution < 1.29 is 9.59 Å². The van der Waals surface area contributed by atoms with Crippen molar-refractivity contribution in [1.29, 1.82) is 0 Å². The first-order valence-electron chi connectivity index (χ1n) is 9.72. The number of hydrogen-bond acceptors (Lipinski definition) is 4. The summed E-state index contributed by atoms with van der Waals surface area (Å²) in [5.41, 5.74) is 1.95. The Labute approximate surface area is 182 Å². The van der Waals surface area contributed by atoms with E-state index in [0.717, 1.165) is 0 Å². The Morgan fingerprint density at radius 2 is 1.42 bits per heavy atom. The van der Waals surface area contributed by atoms with E-state index >= 15 is 0 Å². The van der Waals surface area contributed by atoms with Crippen LogP contribution in [-0.2, 0) is 0 Å². The molecular formula is C24H16ClN3O3. The quantitative estimate of drug-likeness (QED) is 0.358. The first-order valence-corrected chi connectivity index (χ1v) is 10.1. The molecule has 1 aliphatic heterocycles. The van der Waals surface area contributed by atoms with Gasteiger partial charge in [-0.1, -0.05) is 60.1 Å². The van der Waals surface area contributed by atoms with E-state index in [0.29, 0.717) is 33.6 Å². The van der Waals surface area contributed by atoms with Crippen molar-refractivity contribution in [3.8, 4) is 11.1 Å². The van der Waals surface area contributed by atoms with E-state index < -0.39 is 17.9 Å². The van der Waals surface area contributed by atoms with Gasteiger partial charge in [0.15, 0.2) is 0 Å². The highest BCUT2D eigenvalue weighted by Crippen LogP contribution is 2.34. The molecule has 1 aliphatic rings. The van der Waals surface area contributed by atoms with Crippen LogP contribution in [0.4, 0.5) is 0 Å². The molecule has 5 rings (SSSR count). The number of fused-ring (bicyclic) bond motifs is 2. The van der Waals surface area contributed by atoms with Crippen LogP contribution in [0.25, 0.3) is 16.8 Å². The zero-order valence-electron chi connectivity index (χ0n) is 16.4. The highest BCUT2D eigenvalue weighted by Gasteiger charge is 2.40. The van der Waals surface area contributed by atoms with Crippen molar-refractivity contribution in [3.05, 3.63) is 105 Å². The van der Waals surface area contributed by atoms with Gasteiger partial charge in [-0.15, -0.1) is 0 Å². The molecule has 0 fully saturated rings.